The zero-order chi connectivity index (χ0) is 19.9. The summed E-state index contributed by atoms with van der Waals surface area (Å²) in [5, 5.41) is 2.90. The lowest BCUT2D eigenvalue weighted by Crippen LogP contribution is -2.34. The molecule has 1 aliphatic rings. The van der Waals surface area contributed by atoms with E-state index in [9.17, 15) is 9.59 Å². The van der Waals surface area contributed by atoms with Crippen LogP contribution in [0.2, 0.25) is 0 Å². The summed E-state index contributed by atoms with van der Waals surface area (Å²) < 4.78 is 0.500. The predicted molar refractivity (Wildman–Crippen MR) is 119 cm³/mol. The van der Waals surface area contributed by atoms with Crippen LogP contribution in [-0.4, -0.2) is 34.1 Å². The van der Waals surface area contributed by atoms with Crippen molar-refractivity contribution < 1.29 is 9.59 Å². The molecule has 6 heteroatoms. The molecule has 1 N–H and O–H groups in total. The first-order valence-electron chi connectivity index (χ1n) is 9.15. The van der Waals surface area contributed by atoms with Gasteiger partial charge >= 0.3 is 0 Å². The molecule has 0 unspecified atom stereocenters. The monoisotopic (exact) mass is 410 g/mol. The predicted octanol–water partition coefficient (Wildman–Crippen LogP) is 3.95. The van der Waals surface area contributed by atoms with Gasteiger partial charge in [-0.15, -0.1) is 0 Å². The van der Waals surface area contributed by atoms with Crippen LogP contribution in [0.15, 0.2) is 59.5 Å². The summed E-state index contributed by atoms with van der Waals surface area (Å²) in [4.78, 5) is 26.8. The van der Waals surface area contributed by atoms with Gasteiger partial charge in [0.05, 0.1) is 4.91 Å². The van der Waals surface area contributed by atoms with Crippen molar-refractivity contribution >= 4 is 46.2 Å². The number of hydrogen-bond donors (Lipinski definition) is 1. The molecule has 4 nitrogen and oxygen atoms in total. The SMILES string of the molecule is Cc1ccc(C=C2SC(=S)N(CCC(=O)NCCc3ccccc3)C2=O)cc1. The van der Waals surface area contributed by atoms with Crippen molar-refractivity contribution in [1.29, 1.82) is 0 Å². The van der Waals surface area contributed by atoms with Crippen LogP contribution in [0.1, 0.15) is 23.1 Å². The van der Waals surface area contributed by atoms with Crippen LogP contribution >= 0.6 is 24.0 Å². The largest absolute Gasteiger partial charge is 0.356 e. The highest BCUT2D eigenvalue weighted by Crippen LogP contribution is 2.32. The molecule has 2 aromatic carbocycles. The third-order valence-electron chi connectivity index (χ3n) is 4.39. The average Bonchev–Trinajstić information content (AvgIpc) is 2.96. The van der Waals surface area contributed by atoms with Crippen LogP contribution in [0.4, 0.5) is 0 Å². The normalized spacial score (nSPS) is 15.3. The van der Waals surface area contributed by atoms with Crippen molar-refractivity contribution in [2.45, 2.75) is 19.8 Å². The summed E-state index contributed by atoms with van der Waals surface area (Å²) in [7, 11) is 0. The van der Waals surface area contributed by atoms with Crippen LogP contribution in [-0.2, 0) is 16.0 Å². The Labute approximate surface area is 175 Å². The van der Waals surface area contributed by atoms with Crippen molar-refractivity contribution in [3.05, 3.63) is 76.2 Å². The first-order chi connectivity index (χ1) is 13.5. The highest BCUT2D eigenvalue weighted by Gasteiger charge is 2.31. The number of nitrogens with zero attached hydrogens (tertiary/aromatic N) is 1. The van der Waals surface area contributed by atoms with E-state index in [0.717, 1.165) is 12.0 Å². The van der Waals surface area contributed by atoms with E-state index in [1.54, 1.807) is 0 Å². The van der Waals surface area contributed by atoms with Gasteiger partial charge in [-0.05, 0) is 30.5 Å². The molecule has 0 aliphatic carbocycles. The van der Waals surface area contributed by atoms with Gasteiger partial charge in [-0.25, -0.2) is 0 Å². The van der Waals surface area contributed by atoms with Gasteiger partial charge in [-0.2, -0.15) is 0 Å². The van der Waals surface area contributed by atoms with Gasteiger partial charge in [0.15, 0.2) is 0 Å². The maximum Gasteiger partial charge on any atom is 0.266 e. The van der Waals surface area contributed by atoms with Crippen molar-refractivity contribution in [2.24, 2.45) is 0 Å². The highest BCUT2D eigenvalue weighted by molar-refractivity contribution is 8.26. The smallest absolute Gasteiger partial charge is 0.266 e. The number of benzene rings is 2. The molecule has 2 amide bonds. The van der Waals surface area contributed by atoms with Crippen molar-refractivity contribution in [1.82, 2.24) is 10.2 Å². The Morgan fingerprint density at radius 2 is 1.86 bits per heavy atom. The van der Waals surface area contributed by atoms with E-state index in [1.165, 1.54) is 27.8 Å². The van der Waals surface area contributed by atoms with Gasteiger partial charge in [0.1, 0.15) is 4.32 Å². The second kappa shape index (κ2) is 9.66. The molecular weight excluding hydrogens is 388 g/mol. The molecule has 1 fully saturated rings. The fourth-order valence-corrected chi connectivity index (χ4v) is 4.11. The Balaban J connectivity index is 1.48. The lowest BCUT2D eigenvalue weighted by atomic mass is 10.1. The molecule has 1 heterocycles. The molecule has 3 rings (SSSR count). The Hall–Kier alpha value is -2.44. The minimum absolute atomic E-state index is 0.0764. The number of aryl methyl sites for hydroxylation is 1. The first-order valence-corrected chi connectivity index (χ1v) is 10.4. The van der Waals surface area contributed by atoms with E-state index in [4.69, 9.17) is 12.2 Å². The Bertz CT molecular complexity index is 893. The topological polar surface area (TPSA) is 49.4 Å². The summed E-state index contributed by atoms with van der Waals surface area (Å²) in [5.74, 6) is -0.208. The summed E-state index contributed by atoms with van der Waals surface area (Å²) in [6, 6.07) is 18.0. The molecular formula is C22H22N2O2S2. The van der Waals surface area contributed by atoms with Gasteiger partial charge in [-0.3, -0.25) is 14.5 Å². The molecule has 2 aromatic rings. The Kier molecular flexibility index (Phi) is 7.01. The maximum absolute atomic E-state index is 12.6. The fourth-order valence-electron chi connectivity index (χ4n) is 2.80. The lowest BCUT2D eigenvalue weighted by molar-refractivity contribution is -0.123. The van der Waals surface area contributed by atoms with Crippen LogP contribution in [0, 0.1) is 6.92 Å². The van der Waals surface area contributed by atoms with Crippen LogP contribution in [0.25, 0.3) is 6.08 Å². The quantitative estimate of drug-likeness (QED) is 0.555. The standard InChI is InChI=1S/C22H22N2O2S2/c1-16-7-9-18(10-8-16)15-19-21(26)24(22(27)28-19)14-12-20(25)23-13-11-17-5-3-2-4-6-17/h2-10,15H,11-14H2,1H3,(H,23,25). The molecule has 0 saturated carbocycles. The van der Waals surface area contributed by atoms with Gasteiger partial charge in [-0.1, -0.05) is 84.1 Å². The number of amides is 2. The average molecular weight is 411 g/mol. The van der Waals surface area contributed by atoms with Gasteiger partial charge in [0.2, 0.25) is 5.91 Å². The van der Waals surface area contributed by atoms with Gasteiger partial charge in [0.25, 0.3) is 5.91 Å². The summed E-state index contributed by atoms with van der Waals surface area (Å²) in [5.41, 5.74) is 3.31. The lowest BCUT2D eigenvalue weighted by Gasteiger charge is -2.14. The first kappa shape index (κ1) is 20.3. The van der Waals surface area contributed by atoms with E-state index < -0.39 is 0 Å². The molecule has 1 aliphatic heterocycles. The van der Waals surface area contributed by atoms with E-state index in [2.05, 4.69) is 5.32 Å². The number of carbonyl (C=O) groups excluding carboxylic acids is 2. The molecule has 0 radical (unpaired) electrons. The van der Waals surface area contributed by atoms with Crippen LogP contribution in [0.5, 0.6) is 0 Å². The van der Waals surface area contributed by atoms with E-state index in [-0.39, 0.29) is 18.2 Å². The minimum atomic E-state index is -0.132. The highest BCUT2D eigenvalue weighted by atomic mass is 32.2. The molecule has 0 aromatic heterocycles. The van der Waals surface area contributed by atoms with Crippen molar-refractivity contribution in [3.8, 4) is 0 Å². The van der Waals surface area contributed by atoms with E-state index >= 15 is 0 Å². The number of carbonyl (C=O) groups is 2. The molecule has 0 atom stereocenters. The number of rotatable bonds is 7. The number of nitrogens with one attached hydrogen (secondary N) is 1. The zero-order valence-corrected chi connectivity index (χ0v) is 17.3. The maximum atomic E-state index is 12.6. The summed E-state index contributed by atoms with van der Waals surface area (Å²) >= 11 is 6.62. The second-order valence-corrected chi connectivity index (χ2v) is 8.26. The Morgan fingerprint density at radius 3 is 2.57 bits per heavy atom. The van der Waals surface area contributed by atoms with Crippen LogP contribution in [0.3, 0.4) is 0 Å². The molecule has 0 bridgehead atoms. The third-order valence-corrected chi connectivity index (χ3v) is 5.77. The Morgan fingerprint density at radius 1 is 1.14 bits per heavy atom. The fraction of sp³-hybridized carbons (Fsp3) is 0.227. The molecule has 0 spiro atoms. The number of thiocarbonyl (C=S) groups is 1. The molecule has 144 valence electrons. The summed E-state index contributed by atoms with van der Waals surface area (Å²) in [6.07, 6.45) is 2.87. The number of thioether (sulfide) groups is 1. The number of hydrogen-bond acceptors (Lipinski definition) is 4. The summed E-state index contributed by atoms with van der Waals surface area (Å²) in [6.45, 7) is 2.90. The molecule has 28 heavy (non-hydrogen) atoms. The second-order valence-electron chi connectivity index (χ2n) is 6.58. The third kappa shape index (κ3) is 5.53. The van der Waals surface area contributed by atoms with Crippen molar-refractivity contribution in [2.75, 3.05) is 13.1 Å². The minimum Gasteiger partial charge on any atom is -0.356 e. The molecule has 1 saturated heterocycles. The van der Waals surface area contributed by atoms with Crippen molar-refractivity contribution in [3.63, 3.8) is 0 Å². The zero-order valence-electron chi connectivity index (χ0n) is 15.7. The van der Waals surface area contributed by atoms with Gasteiger partial charge < -0.3 is 5.32 Å². The van der Waals surface area contributed by atoms with Gasteiger partial charge in [0, 0.05) is 19.5 Å². The van der Waals surface area contributed by atoms with Crippen LogP contribution < -0.4 is 5.32 Å². The van der Waals surface area contributed by atoms with E-state index in [0.29, 0.717) is 22.3 Å². The van der Waals surface area contributed by atoms with E-state index in [1.807, 2.05) is 67.6 Å².